The van der Waals surface area contributed by atoms with Crippen molar-refractivity contribution in [3.63, 3.8) is 0 Å². The lowest BCUT2D eigenvalue weighted by atomic mass is 10.7. The van der Waals surface area contributed by atoms with E-state index in [-0.39, 0.29) is 11.7 Å². The van der Waals surface area contributed by atoms with E-state index in [0.29, 0.717) is 21.8 Å². The van der Waals surface area contributed by atoms with Crippen molar-refractivity contribution >= 4 is 51.9 Å². The lowest BCUT2D eigenvalue weighted by Crippen LogP contribution is -2.14. The van der Waals surface area contributed by atoms with Crippen LogP contribution in [-0.4, -0.2) is 58.2 Å². The van der Waals surface area contributed by atoms with E-state index in [4.69, 9.17) is 9.84 Å². The molecule has 0 spiro atoms. The molecule has 0 atom stereocenters. The molecule has 7 nitrogen and oxygen atoms in total. The first kappa shape index (κ1) is 16.2. The van der Waals surface area contributed by atoms with Crippen LogP contribution in [0.15, 0.2) is 4.34 Å². The van der Waals surface area contributed by atoms with Gasteiger partial charge in [0.15, 0.2) is 4.34 Å². The van der Waals surface area contributed by atoms with Crippen molar-refractivity contribution in [3.05, 3.63) is 0 Å². The second-order valence-corrected chi connectivity index (χ2v) is 6.45. The number of nitrogens with zero attached hydrogens (tertiary/aromatic N) is 2. The van der Waals surface area contributed by atoms with Crippen molar-refractivity contribution in [1.29, 1.82) is 0 Å². The maximum atomic E-state index is 11.5. The summed E-state index contributed by atoms with van der Waals surface area (Å²) in [5.74, 6) is -0.0807. The van der Waals surface area contributed by atoms with Gasteiger partial charge in [-0.05, 0) is 0 Å². The van der Waals surface area contributed by atoms with E-state index in [2.05, 4.69) is 15.5 Å². The van der Waals surface area contributed by atoms with Crippen LogP contribution in [-0.2, 0) is 14.3 Å². The third kappa shape index (κ3) is 7.35. The Balaban J connectivity index is 2.28. The van der Waals surface area contributed by atoms with Gasteiger partial charge < -0.3 is 9.84 Å². The molecule has 0 unspecified atom stereocenters. The zero-order chi connectivity index (χ0) is 14.1. The smallest absolute Gasteiger partial charge is 0.313 e. The highest BCUT2D eigenvalue weighted by Crippen LogP contribution is 2.25. The molecule has 106 valence electrons. The van der Waals surface area contributed by atoms with E-state index in [1.54, 1.807) is 7.11 Å². The van der Waals surface area contributed by atoms with Gasteiger partial charge in [-0.25, -0.2) is 0 Å². The Bertz CT molecular complexity index is 427. The number of anilines is 1. The molecule has 1 rings (SSSR count). The quantitative estimate of drug-likeness (QED) is 0.395. The number of amides is 1. The highest BCUT2D eigenvalue weighted by Gasteiger charge is 2.09. The predicted octanol–water partition coefficient (Wildman–Crippen LogP) is 1.03. The van der Waals surface area contributed by atoms with Crippen LogP contribution in [0.4, 0.5) is 5.13 Å². The summed E-state index contributed by atoms with van der Waals surface area (Å²) in [7, 11) is 1.61. The largest absolute Gasteiger partial charge is 0.481 e. The number of carboxylic acids is 1. The molecule has 2 N–H and O–H groups in total. The number of methoxy groups -OCH3 is 1. The first-order valence-corrected chi connectivity index (χ1v) is 8.12. The van der Waals surface area contributed by atoms with Crippen LogP contribution in [0, 0.1) is 0 Å². The minimum absolute atomic E-state index is 0.0740. The summed E-state index contributed by atoms with van der Waals surface area (Å²) in [6, 6.07) is 0. The summed E-state index contributed by atoms with van der Waals surface area (Å²) in [6.07, 6.45) is 0. The van der Waals surface area contributed by atoms with Gasteiger partial charge in [0.25, 0.3) is 0 Å². The highest BCUT2D eigenvalue weighted by atomic mass is 32.2. The summed E-state index contributed by atoms with van der Waals surface area (Å²) < 4.78 is 5.39. The molecular formula is C9H13N3O4S3. The van der Waals surface area contributed by atoms with Crippen LogP contribution in [0.5, 0.6) is 0 Å². The van der Waals surface area contributed by atoms with E-state index >= 15 is 0 Å². The van der Waals surface area contributed by atoms with Gasteiger partial charge in [0.05, 0.1) is 18.1 Å². The molecule has 0 radical (unpaired) electrons. The van der Waals surface area contributed by atoms with Crippen molar-refractivity contribution < 1.29 is 19.4 Å². The number of nitrogens with one attached hydrogen (secondary N) is 1. The number of thioether (sulfide) groups is 2. The molecule has 0 bridgehead atoms. The van der Waals surface area contributed by atoms with E-state index in [1.807, 2.05) is 0 Å². The third-order valence-electron chi connectivity index (χ3n) is 1.64. The molecule has 1 heterocycles. The van der Waals surface area contributed by atoms with E-state index in [1.165, 1.54) is 11.8 Å². The Morgan fingerprint density at radius 3 is 2.89 bits per heavy atom. The molecule has 0 aliphatic rings. The van der Waals surface area contributed by atoms with E-state index < -0.39 is 5.97 Å². The Morgan fingerprint density at radius 2 is 2.21 bits per heavy atom. The second-order valence-electron chi connectivity index (χ2n) is 3.15. The second kappa shape index (κ2) is 9.13. The lowest BCUT2D eigenvalue weighted by Gasteiger charge is -2.00. The number of aromatic nitrogens is 2. The summed E-state index contributed by atoms with van der Waals surface area (Å²) in [5, 5.41) is 19.1. The minimum atomic E-state index is -0.916. The van der Waals surface area contributed by atoms with Crippen molar-refractivity contribution in [2.45, 2.75) is 4.34 Å². The van der Waals surface area contributed by atoms with E-state index in [9.17, 15) is 9.59 Å². The zero-order valence-electron chi connectivity index (χ0n) is 10.1. The van der Waals surface area contributed by atoms with Crippen LogP contribution in [0.2, 0.25) is 0 Å². The SMILES string of the molecule is COCCSCC(=O)Nc1nnc(SCC(=O)O)s1. The molecule has 0 aromatic carbocycles. The first-order chi connectivity index (χ1) is 9.11. The predicted molar refractivity (Wildman–Crippen MR) is 76.1 cm³/mol. The average Bonchev–Trinajstić information content (AvgIpc) is 2.80. The van der Waals surface area contributed by atoms with Crippen molar-refractivity contribution in [3.8, 4) is 0 Å². The van der Waals surface area contributed by atoms with Gasteiger partial charge in [0.2, 0.25) is 11.0 Å². The molecule has 0 saturated heterocycles. The fraction of sp³-hybridized carbons (Fsp3) is 0.556. The first-order valence-electron chi connectivity index (χ1n) is 5.16. The number of carbonyl (C=O) groups is 2. The highest BCUT2D eigenvalue weighted by molar-refractivity contribution is 8.01. The van der Waals surface area contributed by atoms with Crippen molar-refractivity contribution in [1.82, 2.24) is 10.2 Å². The monoisotopic (exact) mass is 323 g/mol. The number of rotatable bonds is 9. The maximum absolute atomic E-state index is 11.5. The molecule has 1 amide bonds. The molecule has 1 aromatic heterocycles. The van der Waals surface area contributed by atoms with Gasteiger partial charge in [0, 0.05) is 12.9 Å². The lowest BCUT2D eigenvalue weighted by molar-refractivity contribution is -0.133. The molecule has 19 heavy (non-hydrogen) atoms. The van der Waals surface area contributed by atoms with Crippen LogP contribution in [0.3, 0.4) is 0 Å². The number of ether oxygens (including phenoxy) is 1. The topological polar surface area (TPSA) is 101 Å². The Morgan fingerprint density at radius 1 is 1.42 bits per heavy atom. The molecule has 0 fully saturated rings. The third-order valence-corrected chi connectivity index (χ3v) is 4.52. The number of carbonyl (C=O) groups excluding carboxylic acids is 1. The fourth-order valence-corrected chi connectivity index (χ4v) is 3.08. The Labute approximate surface area is 122 Å². The van der Waals surface area contributed by atoms with Gasteiger partial charge in [0.1, 0.15) is 0 Å². The van der Waals surface area contributed by atoms with Crippen LogP contribution < -0.4 is 5.32 Å². The molecular weight excluding hydrogens is 310 g/mol. The number of carboxylic acid groups (broad SMARTS) is 1. The molecule has 0 aliphatic heterocycles. The summed E-state index contributed by atoms with van der Waals surface area (Å²) in [5.41, 5.74) is 0. The molecule has 0 saturated carbocycles. The molecule has 1 aromatic rings. The van der Waals surface area contributed by atoms with E-state index in [0.717, 1.165) is 28.9 Å². The van der Waals surface area contributed by atoms with Crippen molar-refractivity contribution in [2.24, 2.45) is 0 Å². The molecule has 0 aliphatic carbocycles. The van der Waals surface area contributed by atoms with Gasteiger partial charge in [-0.15, -0.1) is 22.0 Å². The van der Waals surface area contributed by atoms with Crippen LogP contribution in [0.1, 0.15) is 0 Å². The Kier molecular flexibility index (Phi) is 7.79. The fourth-order valence-electron chi connectivity index (χ4n) is 0.905. The van der Waals surface area contributed by atoms with Gasteiger partial charge in [-0.3, -0.25) is 14.9 Å². The number of aliphatic carboxylic acids is 1. The van der Waals surface area contributed by atoms with Crippen molar-refractivity contribution in [2.75, 3.05) is 36.3 Å². The Hall–Kier alpha value is -0.840. The minimum Gasteiger partial charge on any atom is -0.481 e. The van der Waals surface area contributed by atoms with Crippen LogP contribution in [0.25, 0.3) is 0 Å². The van der Waals surface area contributed by atoms with Gasteiger partial charge >= 0.3 is 5.97 Å². The normalized spacial score (nSPS) is 10.4. The van der Waals surface area contributed by atoms with Crippen LogP contribution >= 0.6 is 34.9 Å². The van der Waals surface area contributed by atoms with Gasteiger partial charge in [-0.2, -0.15) is 0 Å². The summed E-state index contributed by atoms with van der Waals surface area (Å²) >= 11 is 3.69. The zero-order valence-corrected chi connectivity index (χ0v) is 12.6. The molecule has 10 heteroatoms. The standard InChI is InChI=1S/C9H13N3O4S3/c1-16-2-3-17-4-6(13)10-8-11-12-9(19-8)18-5-7(14)15/h2-5H2,1H3,(H,14,15)(H,10,11,13). The maximum Gasteiger partial charge on any atom is 0.313 e. The summed E-state index contributed by atoms with van der Waals surface area (Å²) in [4.78, 5) is 21.9. The average molecular weight is 323 g/mol. The number of hydrogen-bond donors (Lipinski definition) is 2. The number of hydrogen-bond acceptors (Lipinski definition) is 8. The summed E-state index contributed by atoms with van der Waals surface area (Å²) in [6.45, 7) is 0.604. The van der Waals surface area contributed by atoms with Gasteiger partial charge in [-0.1, -0.05) is 23.1 Å².